The minimum Gasteiger partial charge on any atom is -0.463 e. The molecule has 0 spiro atoms. The summed E-state index contributed by atoms with van der Waals surface area (Å²) in [5.74, 6) is 1.87. The summed E-state index contributed by atoms with van der Waals surface area (Å²) < 4.78 is 6.84. The molecule has 3 heterocycles. The summed E-state index contributed by atoms with van der Waals surface area (Å²) in [6, 6.07) is 13.7. The number of hydrogen-bond donors (Lipinski definition) is 1. The molecule has 1 aliphatic heterocycles. The molecule has 0 aliphatic carbocycles. The molecule has 0 unspecified atom stereocenters. The lowest BCUT2D eigenvalue weighted by molar-refractivity contribution is 0.560. The minimum atomic E-state index is 0.462. The third-order valence-corrected chi connectivity index (χ3v) is 4.11. The molecule has 0 radical (unpaired) electrons. The van der Waals surface area contributed by atoms with Crippen molar-refractivity contribution in [3.05, 3.63) is 60.1 Å². The number of nitrogens with zero attached hydrogens (tertiary/aromatic N) is 5. The molecule has 1 aliphatic rings. The van der Waals surface area contributed by atoms with Gasteiger partial charge < -0.3 is 4.42 Å². The Hall–Kier alpha value is -2.87. The molecule has 23 heavy (non-hydrogen) atoms. The van der Waals surface area contributed by atoms with Crippen LogP contribution in [0.3, 0.4) is 0 Å². The summed E-state index contributed by atoms with van der Waals surface area (Å²) in [5.41, 5.74) is 4.90. The second kappa shape index (κ2) is 6.09. The Bertz CT molecular complexity index is 853. The second-order valence-electron chi connectivity index (χ2n) is 4.70. The van der Waals surface area contributed by atoms with Gasteiger partial charge in [0.25, 0.3) is 5.95 Å². The summed E-state index contributed by atoms with van der Waals surface area (Å²) in [4.78, 5) is 0. The fraction of sp³-hybridized carbons (Fsp3) is 0.0667. The Balaban J connectivity index is 1.58. The van der Waals surface area contributed by atoms with Crippen LogP contribution < -0.4 is 5.43 Å². The quantitative estimate of drug-likeness (QED) is 0.589. The third kappa shape index (κ3) is 2.88. The predicted molar refractivity (Wildman–Crippen MR) is 89.0 cm³/mol. The molecule has 7 nitrogen and oxygen atoms in total. The van der Waals surface area contributed by atoms with Crippen molar-refractivity contribution in [1.82, 2.24) is 14.9 Å². The topological polar surface area (TPSA) is 80.6 Å². The molecule has 1 aromatic carbocycles. The van der Waals surface area contributed by atoms with Gasteiger partial charge in [-0.3, -0.25) is 0 Å². The summed E-state index contributed by atoms with van der Waals surface area (Å²) in [6.07, 6.45) is 3.16. The van der Waals surface area contributed by atoms with Crippen LogP contribution in [-0.4, -0.2) is 32.6 Å². The molecule has 1 N–H and O–H groups in total. The Morgan fingerprint density at radius 3 is 2.91 bits per heavy atom. The highest BCUT2D eigenvalue weighted by molar-refractivity contribution is 7.99. The molecule has 0 amide bonds. The Kier molecular flexibility index (Phi) is 3.65. The van der Waals surface area contributed by atoms with Crippen molar-refractivity contribution in [2.45, 2.75) is 5.16 Å². The standard InChI is InChI=1S/C15H12N6OS/c1-2-5-11(6-3-1)13-10-23-15-19-18-14(21(15)20-13)17-16-9-12-7-4-8-22-12/h1-9H,10H2,(H,17,18)/b16-9+. The molecule has 114 valence electrons. The van der Waals surface area contributed by atoms with Crippen LogP contribution >= 0.6 is 11.8 Å². The van der Waals surface area contributed by atoms with E-state index < -0.39 is 0 Å². The fourth-order valence-corrected chi connectivity index (χ4v) is 2.93. The summed E-state index contributed by atoms with van der Waals surface area (Å²) in [7, 11) is 0. The highest BCUT2D eigenvalue weighted by atomic mass is 32.2. The largest absolute Gasteiger partial charge is 0.463 e. The lowest BCUT2D eigenvalue weighted by Gasteiger charge is -2.13. The highest BCUT2D eigenvalue weighted by Gasteiger charge is 2.19. The molecule has 0 saturated carbocycles. The number of thioether (sulfide) groups is 1. The molecule has 0 saturated heterocycles. The van der Waals surface area contributed by atoms with Gasteiger partial charge in [-0.05, 0) is 17.7 Å². The van der Waals surface area contributed by atoms with Crippen molar-refractivity contribution < 1.29 is 4.42 Å². The van der Waals surface area contributed by atoms with Gasteiger partial charge in [0, 0.05) is 5.75 Å². The van der Waals surface area contributed by atoms with Crippen LogP contribution in [-0.2, 0) is 0 Å². The predicted octanol–water partition coefficient (Wildman–Crippen LogP) is 2.68. The molecule has 0 bridgehead atoms. The van der Waals surface area contributed by atoms with Crippen LogP contribution in [0.2, 0.25) is 0 Å². The van der Waals surface area contributed by atoms with E-state index in [1.807, 2.05) is 36.4 Å². The van der Waals surface area contributed by atoms with Gasteiger partial charge >= 0.3 is 0 Å². The number of benzene rings is 1. The number of nitrogens with one attached hydrogen (secondary N) is 1. The zero-order valence-corrected chi connectivity index (χ0v) is 12.8. The summed E-state index contributed by atoms with van der Waals surface area (Å²) in [5, 5.41) is 17.6. The maximum absolute atomic E-state index is 5.18. The zero-order chi connectivity index (χ0) is 15.5. The van der Waals surface area contributed by atoms with Crippen LogP contribution in [0.25, 0.3) is 0 Å². The van der Waals surface area contributed by atoms with Crippen LogP contribution in [0.15, 0.2) is 68.5 Å². The average molecular weight is 324 g/mol. The van der Waals surface area contributed by atoms with Crippen molar-refractivity contribution >= 4 is 29.6 Å². The van der Waals surface area contributed by atoms with E-state index in [9.17, 15) is 0 Å². The first-order valence-electron chi connectivity index (χ1n) is 6.94. The average Bonchev–Trinajstić information content (AvgIpc) is 3.25. The van der Waals surface area contributed by atoms with E-state index in [4.69, 9.17) is 4.42 Å². The van der Waals surface area contributed by atoms with E-state index in [1.165, 1.54) is 0 Å². The smallest absolute Gasteiger partial charge is 0.266 e. The Labute approximate surface area is 136 Å². The van der Waals surface area contributed by atoms with Gasteiger partial charge in [0.15, 0.2) is 0 Å². The maximum atomic E-state index is 5.18. The van der Waals surface area contributed by atoms with Gasteiger partial charge in [0.1, 0.15) is 5.76 Å². The van der Waals surface area contributed by atoms with Gasteiger partial charge in [0.2, 0.25) is 5.16 Å². The lowest BCUT2D eigenvalue weighted by atomic mass is 10.1. The van der Waals surface area contributed by atoms with Crippen LogP contribution in [0.1, 0.15) is 11.3 Å². The van der Waals surface area contributed by atoms with Gasteiger partial charge in [-0.1, -0.05) is 42.1 Å². The van der Waals surface area contributed by atoms with Crippen LogP contribution in [0.5, 0.6) is 0 Å². The Morgan fingerprint density at radius 2 is 2.09 bits per heavy atom. The number of hydrazone groups is 1. The van der Waals surface area contributed by atoms with Crippen LogP contribution in [0, 0.1) is 0 Å². The monoisotopic (exact) mass is 324 g/mol. The van der Waals surface area contributed by atoms with E-state index >= 15 is 0 Å². The first-order chi connectivity index (χ1) is 11.4. The lowest BCUT2D eigenvalue weighted by Crippen LogP contribution is -2.14. The van der Waals surface area contributed by atoms with E-state index in [-0.39, 0.29) is 0 Å². The number of anilines is 1. The second-order valence-corrected chi connectivity index (χ2v) is 5.65. The molecule has 4 rings (SSSR count). The first kappa shape index (κ1) is 13.8. The molecular weight excluding hydrogens is 312 g/mol. The van der Waals surface area contributed by atoms with E-state index in [0.717, 1.165) is 22.2 Å². The molecular formula is C15H12N6OS. The first-order valence-corrected chi connectivity index (χ1v) is 7.93. The maximum Gasteiger partial charge on any atom is 0.266 e. The third-order valence-electron chi connectivity index (χ3n) is 3.18. The molecule has 0 fully saturated rings. The van der Waals surface area contributed by atoms with Gasteiger partial charge in [0.05, 0.1) is 18.2 Å². The molecule has 8 heteroatoms. The van der Waals surface area contributed by atoms with E-state index in [0.29, 0.717) is 11.7 Å². The number of fused-ring (bicyclic) bond motifs is 1. The molecule has 0 atom stereocenters. The van der Waals surface area contributed by atoms with Crippen molar-refractivity contribution in [1.29, 1.82) is 0 Å². The minimum absolute atomic E-state index is 0.462. The fourth-order valence-electron chi connectivity index (χ4n) is 2.09. The zero-order valence-electron chi connectivity index (χ0n) is 12.0. The highest BCUT2D eigenvalue weighted by Crippen LogP contribution is 2.25. The van der Waals surface area contributed by atoms with Gasteiger partial charge in [-0.25, -0.2) is 5.43 Å². The number of hydrogen-bond acceptors (Lipinski definition) is 7. The van der Waals surface area contributed by atoms with Crippen molar-refractivity contribution in [3.63, 3.8) is 0 Å². The molecule has 3 aromatic rings. The number of rotatable bonds is 4. The van der Waals surface area contributed by atoms with Crippen molar-refractivity contribution in [2.24, 2.45) is 10.2 Å². The van der Waals surface area contributed by atoms with Crippen molar-refractivity contribution in [2.75, 3.05) is 11.2 Å². The van der Waals surface area contributed by atoms with E-state index in [2.05, 4.69) is 25.8 Å². The summed E-state index contributed by atoms with van der Waals surface area (Å²) >= 11 is 1.59. The number of furan rings is 1. The Morgan fingerprint density at radius 1 is 1.17 bits per heavy atom. The van der Waals surface area contributed by atoms with Gasteiger partial charge in [-0.15, -0.1) is 10.2 Å². The van der Waals surface area contributed by atoms with Crippen LogP contribution in [0.4, 0.5) is 5.95 Å². The van der Waals surface area contributed by atoms with Gasteiger partial charge in [-0.2, -0.15) is 14.9 Å². The number of aromatic nitrogens is 3. The van der Waals surface area contributed by atoms with Crippen molar-refractivity contribution in [3.8, 4) is 0 Å². The van der Waals surface area contributed by atoms with E-state index in [1.54, 1.807) is 35.0 Å². The SMILES string of the molecule is C(=N\Nc1nnc2n1N=C(c1ccccc1)CS2)/c1ccco1. The molecule has 2 aromatic heterocycles. The normalized spacial score (nSPS) is 13.8. The summed E-state index contributed by atoms with van der Waals surface area (Å²) in [6.45, 7) is 0.